The molecule has 0 spiro atoms. The van der Waals surface area contributed by atoms with Crippen LogP contribution in [0.2, 0.25) is 0 Å². The first-order chi connectivity index (χ1) is 11.9. The van der Waals surface area contributed by atoms with Gasteiger partial charge in [-0.2, -0.15) is 0 Å². The van der Waals surface area contributed by atoms with Gasteiger partial charge in [0, 0.05) is 24.4 Å². The highest BCUT2D eigenvalue weighted by Crippen LogP contribution is 2.36. The molecule has 1 atom stereocenters. The minimum Gasteiger partial charge on any atom is -0.343 e. The van der Waals surface area contributed by atoms with Crippen molar-refractivity contribution in [3.05, 3.63) is 24.3 Å². The number of amides is 2. The summed E-state index contributed by atoms with van der Waals surface area (Å²) < 4.78 is 0. The fourth-order valence-corrected chi connectivity index (χ4v) is 3.81. The normalized spacial score (nSPS) is 16.7. The van der Waals surface area contributed by atoms with E-state index in [-0.39, 0.29) is 23.5 Å². The molecule has 0 saturated heterocycles. The summed E-state index contributed by atoms with van der Waals surface area (Å²) >= 11 is 1.50. The third-order valence-corrected chi connectivity index (χ3v) is 5.65. The highest BCUT2D eigenvalue weighted by Gasteiger charge is 2.30. The van der Waals surface area contributed by atoms with E-state index in [1.54, 1.807) is 0 Å². The maximum Gasteiger partial charge on any atom is 0.238 e. The number of nitrogens with one attached hydrogen (secondary N) is 1. The number of hydrogen-bond acceptors (Lipinski definition) is 3. The number of nitrogens with zero attached hydrogens (tertiary/aromatic N) is 1. The van der Waals surface area contributed by atoms with Crippen molar-refractivity contribution in [2.75, 3.05) is 18.4 Å². The van der Waals surface area contributed by atoms with E-state index in [2.05, 4.69) is 33.0 Å². The Morgan fingerprint density at radius 2 is 1.72 bits per heavy atom. The topological polar surface area (TPSA) is 49.4 Å². The summed E-state index contributed by atoms with van der Waals surface area (Å²) in [7, 11) is 0. The van der Waals surface area contributed by atoms with E-state index < -0.39 is 0 Å². The molecule has 1 unspecified atom stereocenters. The maximum absolute atomic E-state index is 12.8. The third-order valence-electron chi connectivity index (χ3n) is 4.37. The number of thioether (sulfide) groups is 1. The molecule has 1 aromatic rings. The zero-order chi connectivity index (χ0) is 18.4. The minimum absolute atomic E-state index is 0.0651. The van der Waals surface area contributed by atoms with Crippen LogP contribution >= 0.6 is 11.8 Å². The summed E-state index contributed by atoms with van der Waals surface area (Å²) in [5.41, 5.74) is 0.845. The summed E-state index contributed by atoms with van der Waals surface area (Å²) in [6, 6.07) is 7.76. The number of carbonyl (C=O) groups excluding carboxylic acids is 2. The van der Waals surface area contributed by atoms with Gasteiger partial charge in [-0.05, 0) is 36.8 Å². The second kappa shape index (κ2) is 9.27. The molecule has 4 nitrogen and oxygen atoms in total. The van der Waals surface area contributed by atoms with Crippen molar-refractivity contribution in [1.29, 1.82) is 0 Å². The van der Waals surface area contributed by atoms with Crippen LogP contribution in [0.3, 0.4) is 0 Å². The summed E-state index contributed by atoms with van der Waals surface area (Å²) in [4.78, 5) is 28.2. The highest BCUT2D eigenvalue weighted by molar-refractivity contribution is 8.01. The molecule has 1 aliphatic heterocycles. The molecular formula is C20H30N2O2S. The van der Waals surface area contributed by atoms with Gasteiger partial charge in [0.25, 0.3) is 0 Å². The molecule has 0 aromatic heterocycles. The molecule has 0 fully saturated rings. The fourth-order valence-electron chi connectivity index (χ4n) is 2.70. The standard InChI is InChI=1S/C20H30N2O2S/c1-14(2)9-11-22(12-10-15(3)4)19(23)13-18-20(24)21-16-7-5-6-8-17(16)25-18/h5-8,14-15,18H,9-13H2,1-4H3,(H,21,24). The van der Waals surface area contributed by atoms with Crippen LogP contribution in [0.15, 0.2) is 29.2 Å². The van der Waals surface area contributed by atoms with Crippen LogP contribution in [0.25, 0.3) is 0 Å². The lowest BCUT2D eigenvalue weighted by molar-refractivity contribution is -0.133. The number of rotatable bonds is 8. The van der Waals surface area contributed by atoms with Crippen LogP contribution in [0, 0.1) is 11.8 Å². The number of anilines is 1. The van der Waals surface area contributed by atoms with Gasteiger partial charge in [0.1, 0.15) is 0 Å². The Hall–Kier alpha value is -1.49. The fraction of sp³-hybridized carbons (Fsp3) is 0.600. The first-order valence-electron chi connectivity index (χ1n) is 9.21. The Morgan fingerprint density at radius 3 is 2.32 bits per heavy atom. The number of fused-ring (bicyclic) bond motifs is 1. The van der Waals surface area contributed by atoms with E-state index in [4.69, 9.17) is 0 Å². The maximum atomic E-state index is 12.8. The Balaban J connectivity index is 2.00. The summed E-state index contributed by atoms with van der Waals surface area (Å²) in [6.07, 6.45) is 2.26. The van der Waals surface area contributed by atoms with Crippen molar-refractivity contribution >= 4 is 29.3 Å². The van der Waals surface area contributed by atoms with Crippen molar-refractivity contribution in [2.24, 2.45) is 11.8 Å². The van der Waals surface area contributed by atoms with Crippen LogP contribution in [-0.4, -0.2) is 35.1 Å². The molecule has 1 N–H and O–H groups in total. The van der Waals surface area contributed by atoms with E-state index in [1.807, 2.05) is 29.2 Å². The molecule has 2 amide bonds. The average molecular weight is 363 g/mol. The van der Waals surface area contributed by atoms with Crippen LogP contribution in [0.1, 0.15) is 47.0 Å². The Morgan fingerprint density at radius 1 is 1.12 bits per heavy atom. The smallest absolute Gasteiger partial charge is 0.238 e. The number of hydrogen-bond donors (Lipinski definition) is 1. The highest BCUT2D eigenvalue weighted by atomic mass is 32.2. The third kappa shape index (κ3) is 6.07. The average Bonchev–Trinajstić information content (AvgIpc) is 2.55. The van der Waals surface area contributed by atoms with Crippen LogP contribution < -0.4 is 5.32 Å². The molecule has 1 aromatic carbocycles. The van der Waals surface area contributed by atoms with Crippen molar-refractivity contribution in [3.63, 3.8) is 0 Å². The lowest BCUT2D eigenvalue weighted by Crippen LogP contribution is -2.39. The van der Waals surface area contributed by atoms with Gasteiger partial charge in [0.2, 0.25) is 11.8 Å². The van der Waals surface area contributed by atoms with E-state index in [0.29, 0.717) is 11.8 Å². The predicted molar refractivity (Wildman–Crippen MR) is 105 cm³/mol. The van der Waals surface area contributed by atoms with Crippen molar-refractivity contribution in [2.45, 2.75) is 57.1 Å². The largest absolute Gasteiger partial charge is 0.343 e. The lowest BCUT2D eigenvalue weighted by atomic mass is 10.1. The molecular weight excluding hydrogens is 332 g/mol. The minimum atomic E-state index is -0.344. The Labute approximate surface area is 155 Å². The van der Waals surface area contributed by atoms with Crippen molar-refractivity contribution < 1.29 is 9.59 Å². The van der Waals surface area contributed by atoms with Gasteiger partial charge in [0.15, 0.2) is 0 Å². The number of benzene rings is 1. The van der Waals surface area contributed by atoms with Gasteiger partial charge in [-0.1, -0.05) is 39.8 Å². The van der Waals surface area contributed by atoms with Gasteiger partial charge < -0.3 is 10.2 Å². The number of carbonyl (C=O) groups is 2. The van der Waals surface area contributed by atoms with Gasteiger partial charge in [-0.3, -0.25) is 9.59 Å². The van der Waals surface area contributed by atoms with E-state index in [9.17, 15) is 9.59 Å². The number of para-hydroxylation sites is 1. The summed E-state index contributed by atoms with van der Waals surface area (Å²) in [5.74, 6) is 1.15. The van der Waals surface area contributed by atoms with Crippen LogP contribution in [0.4, 0.5) is 5.69 Å². The molecule has 1 aliphatic rings. The Bertz CT molecular complexity index is 589. The summed E-state index contributed by atoms with van der Waals surface area (Å²) in [5, 5.41) is 2.58. The second-order valence-electron chi connectivity index (χ2n) is 7.54. The molecule has 0 saturated carbocycles. The van der Waals surface area contributed by atoms with E-state index in [1.165, 1.54) is 11.8 Å². The molecule has 0 bridgehead atoms. The molecule has 5 heteroatoms. The SMILES string of the molecule is CC(C)CCN(CCC(C)C)C(=O)CC1Sc2ccccc2NC1=O. The Kier molecular flexibility index (Phi) is 7.36. The lowest BCUT2D eigenvalue weighted by Gasteiger charge is -2.28. The second-order valence-corrected chi connectivity index (χ2v) is 8.79. The molecule has 0 aliphatic carbocycles. The van der Waals surface area contributed by atoms with Gasteiger partial charge in [0.05, 0.1) is 10.9 Å². The predicted octanol–water partition coefficient (Wildman–Crippen LogP) is 4.41. The molecule has 2 rings (SSSR count). The van der Waals surface area contributed by atoms with Gasteiger partial charge >= 0.3 is 0 Å². The molecule has 25 heavy (non-hydrogen) atoms. The zero-order valence-corrected chi connectivity index (χ0v) is 16.6. The molecule has 0 radical (unpaired) electrons. The van der Waals surface area contributed by atoms with Crippen LogP contribution in [0.5, 0.6) is 0 Å². The summed E-state index contributed by atoms with van der Waals surface area (Å²) in [6.45, 7) is 10.2. The van der Waals surface area contributed by atoms with Gasteiger partial charge in [-0.15, -0.1) is 11.8 Å². The first-order valence-corrected chi connectivity index (χ1v) is 10.1. The van der Waals surface area contributed by atoms with Crippen LogP contribution in [-0.2, 0) is 9.59 Å². The van der Waals surface area contributed by atoms with Crippen molar-refractivity contribution in [1.82, 2.24) is 4.90 Å². The molecule has 138 valence electrons. The van der Waals surface area contributed by atoms with Gasteiger partial charge in [-0.25, -0.2) is 0 Å². The molecule has 1 heterocycles. The van der Waals surface area contributed by atoms with E-state index >= 15 is 0 Å². The monoisotopic (exact) mass is 362 g/mol. The first kappa shape index (κ1) is 19.8. The zero-order valence-electron chi connectivity index (χ0n) is 15.7. The quantitative estimate of drug-likeness (QED) is 0.745. The van der Waals surface area contributed by atoms with E-state index in [0.717, 1.165) is 36.5 Å². The van der Waals surface area contributed by atoms with Crippen molar-refractivity contribution in [3.8, 4) is 0 Å².